The number of nitrogens with two attached hydrogens (primary N) is 2. The highest BCUT2D eigenvalue weighted by Crippen LogP contribution is 2.45. The summed E-state index contributed by atoms with van der Waals surface area (Å²) in [6.07, 6.45) is -10.9. The number of allylic oxidation sites excluding steroid dienone is 1. The Hall–Kier alpha value is -7.12. The van der Waals surface area contributed by atoms with Gasteiger partial charge in [-0.15, -0.1) is 0 Å². The number of hydrogen-bond donors (Lipinski definition) is 6. The molecule has 28 heteroatoms. The molecule has 2 unspecified atom stereocenters. The fourth-order valence-electron chi connectivity index (χ4n) is 8.74. The van der Waals surface area contributed by atoms with Gasteiger partial charge >= 0.3 is 31.0 Å². The van der Waals surface area contributed by atoms with Gasteiger partial charge in [0, 0.05) is 78.6 Å². The van der Waals surface area contributed by atoms with E-state index < -0.39 is 121 Å². The molecule has 2 aliphatic heterocycles. The number of ether oxygens (including phenoxy) is 2. The number of alkyl halides is 10. The molecule has 8 N–H and O–H groups in total. The van der Waals surface area contributed by atoms with Crippen LogP contribution in [-0.2, 0) is 36.8 Å². The summed E-state index contributed by atoms with van der Waals surface area (Å²) in [6.45, 7) is 0.0101. The van der Waals surface area contributed by atoms with E-state index >= 15 is 8.78 Å². The lowest BCUT2D eigenvalue weighted by atomic mass is 9.76. The van der Waals surface area contributed by atoms with Crippen LogP contribution in [0.1, 0.15) is 74.8 Å². The van der Waals surface area contributed by atoms with E-state index in [2.05, 4.69) is 46.8 Å². The van der Waals surface area contributed by atoms with Gasteiger partial charge in [-0.1, -0.05) is 37.8 Å². The summed E-state index contributed by atoms with van der Waals surface area (Å²) < 4.78 is 170. The van der Waals surface area contributed by atoms with Gasteiger partial charge in [0.05, 0.1) is 56.1 Å². The number of methoxy groups -OCH3 is 2. The second kappa shape index (κ2) is 28.5. The highest BCUT2D eigenvalue weighted by atomic mass is 19.4. The van der Waals surface area contributed by atoms with Crippen molar-refractivity contribution in [1.82, 2.24) is 25.8 Å². The molecule has 3 aromatic rings. The number of carbonyl (C=O) groups excluding carboxylic acids is 4. The van der Waals surface area contributed by atoms with Gasteiger partial charge in [0.1, 0.15) is 23.5 Å². The van der Waals surface area contributed by atoms with E-state index in [0.717, 1.165) is 59.1 Å². The molecular formula is C53H63F12N9O7. The Morgan fingerprint density at radius 1 is 0.840 bits per heavy atom. The SMILES string of the molecule is COC(=O)C[C@H](C(N)=O)C(C)(C)C(F)(F)F.COC(=O)N[C@H](C(=O)N[C@@H](Cc1ccc(C#Cc2ccc(N3CC4CCC(C3)N4CC(F)F)nc2)cc1)[C@@H](O)CNCc1c(F)cc(C(N)=CC=NC(F)F)cc1F)C(C)(C)C(F)(F)F. The number of benzene rings is 2. The quantitative estimate of drug-likeness (QED) is 0.0209. The average Bonchev–Trinajstić information content (AvgIpc) is 3.62. The first kappa shape index (κ1) is 66.4. The second-order valence-corrected chi connectivity index (χ2v) is 20.1. The van der Waals surface area contributed by atoms with Gasteiger partial charge in [0.15, 0.2) is 0 Å². The van der Waals surface area contributed by atoms with Gasteiger partial charge < -0.3 is 46.9 Å². The van der Waals surface area contributed by atoms with E-state index in [-0.39, 0.29) is 36.3 Å². The topological polar surface area (TPSA) is 227 Å². The molecule has 6 atom stereocenters. The molecule has 3 heterocycles. The molecule has 2 saturated heterocycles. The Balaban J connectivity index is 0.000000763. The van der Waals surface area contributed by atoms with Crippen molar-refractivity contribution >= 4 is 41.6 Å². The van der Waals surface area contributed by atoms with Crippen LogP contribution in [0, 0.1) is 40.2 Å². The zero-order valence-electron chi connectivity index (χ0n) is 44.7. The number of pyridine rings is 1. The van der Waals surface area contributed by atoms with Crippen LogP contribution in [0.2, 0.25) is 0 Å². The number of piperazine rings is 1. The lowest BCUT2D eigenvalue weighted by molar-refractivity contribution is -0.229. The highest BCUT2D eigenvalue weighted by Gasteiger charge is 2.56. The van der Waals surface area contributed by atoms with E-state index in [1.54, 1.807) is 36.5 Å². The molecule has 5 rings (SSSR count). The summed E-state index contributed by atoms with van der Waals surface area (Å²) in [5.74, 6) is -0.440. The van der Waals surface area contributed by atoms with E-state index in [9.17, 15) is 68.2 Å². The minimum Gasteiger partial charge on any atom is -0.469 e. The normalized spacial score (nSPS) is 17.6. The standard InChI is InChI=1S/C44H49F9N8O4.C9H14F3NO3/c1-43(2,44(51,52)53)39(59-42(64)65-3)40(63)58-35(36(62)21-55-20-31-32(45)17-28(18-33(31)46)34(54)14-15-56-41(49)50)16-26-7-4-25(5-8-26)6-9-27-10-13-38(57-19-27)60-22-29-11-12-30(23-60)61(29)24-37(47)48;1-8(2,9(10,11)12)5(7(13)15)4-6(14)16-3/h4-5,7-8,10,13-15,17-19,29-30,35-37,39,41,55,62H,11-12,16,20-24,54H2,1-3H3,(H,58,63)(H,59,64);5H,4H2,1-3H3,(H2,13,15)/t29?,30?,35-,36-,39+;5-/m01/s1. The summed E-state index contributed by atoms with van der Waals surface area (Å²) >= 11 is 0. The predicted molar refractivity (Wildman–Crippen MR) is 273 cm³/mol. The fourth-order valence-corrected chi connectivity index (χ4v) is 8.74. The lowest BCUT2D eigenvalue weighted by Gasteiger charge is -2.41. The van der Waals surface area contributed by atoms with Crippen LogP contribution in [0.3, 0.4) is 0 Å². The maximum Gasteiger partial charge on any atom is 0.407 e. The summed E-state index contributed by atoms with van der Waals surface area (Å²) in [5, 5.41) is 18.3. The average molecular weight is 1170 g/mol. The van der Waals surface area contributed by atoms with Crippen molar-refractivity contribution in [3.8, 4) is 11.8 Å². The molecule has 81 heavy (non-hydrogen) atoms. The number of amides is 3. The first-order chi connectivity index (χ1) is 37.7. The third-order valence-corrected chi connectivity index (χ3v) is 13.9. The van der Waals surface area contributed by atoms with E-state index in [1.165, 1.54) is 0 Å². The number of aliphatic hydroxyl groups is 1. The van der Waals surface area contributed by atoms with Crippen LogP contribution < -0.4 is 32.3 Å². The van der Waals surface area contributed by atoms with E-state index in [0.29, 0.717) is 55.7 Å². The number of anilines is 1. The number of aliphatic hydroxyl groups excluding tert-OH is 1. The van der Waals surface area contributed by atoms with Crippen molar-refractivity contribution in [3.63, 3.8) is 0 Å². The molecule has 446 valence electrons. The van der Waals surface area contributed by atoms with Gasteiger partial charge in [-0.2, -0.15) is 35.1 Å². The summed E-state index contributed by atoms with van der Waals surface area (Å²) in [6, 6.07) is 8.33. The van der Waals surface area contributed by atoms with Gasteiger partial charge in [-0.25, -0.2) is 32.3 Å². The van der Waals surface area contributed by atoms with Crippen LogP contribution in [0.4, 0.5) is 63.3 Å². The van der Waals surface area contributed by atoms with Crippen LogP contribution in [0.5, 0.6) is 0 Å². The molecule has 2 fully saturated rings. The largest absolute Gasteiger partial charge is 0.469 e. The van der Waals surface area contributed by atoms with E-state index in [1.807, 2.05) is 16.3 Å². The summed E-state index contributed by atoms with van der Waals surface area (Å²) in [4.78, 5) is 58.9. The lowest BCUT2D eigenvalue weighted by Crippen LogP contribution is -2.62. The molecule has 0 saturated carbocycles. The number of primary amides is 1. The number of hydrogen-bond acceptors (Lipinski definition) is 13. The Morgan fingerprint density at radius 2 is 1.41 bits per heavy atom. The molecule has 1 aromatic heterocycles. The molecule has 2 aliphatic rings. The number of alkyl carbamates (subject to hydrolysis) is 1. The molecule has 16 nitrogen and oxygen atoms in total. The van der Waals surface area contributed by atoms with Crippen molar-refractivity contribution in [2.45, 2.75) is 116 Å². The number of rotatable bonds is 21. The van der Waals surface area contributed by atoms with Crippen molar-refractivity contribution in [2.75, 3.05) is 45.3 Å². The maximum atomic E-state index is 15.0. The second-order valence-electron chi connectivity index (χ2n) is 20.1. The van der Waals surface area contributed by atoms with Crippen molar-refractivity contribution in [1.29, 1.82) is 0 Å². The Labute approximate surface area is 459 Å². The number of aromatic nitrogens is 1. The van der Waals surface area contributed by atoms with Gasteiger partial charge in [0.2, 0.25) is 11.8 Å². The molecule has 2 aromatic carbocycles. The first-order valence-corrected chi connectivity index (χ1v) is 24.8. The number of halogens is 12. The number of carbonyl (C=O) groups is 4. The minimum absolute atomic E-state index is 0.0376. The number of esters is 1. The third kappa shape index (κ3) is 18.4. The van der Waals surface area contributed by atoms with Crippen molar-refractivity contribution in [3.05, 3.63) is 100 Å². The fraction of sp³-hybridized carbons (Fsp3) is 0.509. The van der Waals surface area contributed by atoms with Crippen LogP contribution >= 0.6 is 0 Å². The van der Waals surface area contributed by atoms with Gasteiger partial charge in [-0.05, 0) is 81.1 Å². The number of aliphatic imine (C=N–C) groups is 1. The highest BCUT2D eigenvalue weighted by molar-refractivity contribution is 5.87. The Kier molecular flexibility index (Phi) is 23.4. The number of fused-ring (bicyclic) bond motifs is 2. The molecule has 0 radical (unpaired) electrons. The number of nitrogens with zero attached hydrogens (tertiary/aromatic N) is 4. The molecule has 2 bridgehead atoms. The van der Waals surface area contributed by atoms with E-state index in [4.69, 9.17) is 11.5 Å². The number of nitrogens with one attached hydrogen (secondary N) is 3. The Bertz CT molecular complexity index is 2710. The smallest absolute Gasteiger partial charge is 0.407 e. The first-order valence-electron chi connectivity index (χ1n) is 24.8. The summed E-state index contributed by atoms with van der Waals surface area (Å²) in [5.41, 5.74) is 6.12. The predicted octanol–water partition coefficient (Wildman–Crippen LogP) is 7.00. The molecule has 3 amide bonds. The zero-order valence-corrected chi connectivity index (χ0v) is 44.7. The Morgan fingerprint density at radius 3 is 1.90 bits per heavy atom. The monoisotopic (exact) mass is 1170 g/mol. The maximum absolute atomic E-state index is 15.0. The van der Waals surface area contributed by atoms with Gasteiger partial charge in [0.25, 0.3) is 6.43 Å². The van der Waals surface area contributed by atoms with Gasteiger partial charge in [-0.3, -0.25) is 19.3 Å². The van der Waals surface area contributed by atoms with Crippen molar-refractivity contribution in [2.24, 2.45) is 33.2 Å². The van der Waals surface area contributed by atoms with Crippen molar-refractivity contribution < 1.29 is 86.4 Å². The van der Waals surface area contributed by atoms with Crippen LogP contribution in [0.15, 0.2) is 65.8 Å². The minimum atomic E-state index is -5.00. The third-order valence-electron chi connectivity index (χ3n) is 13.9. The molecule has 0 aliphatic carbocycles. The molecular weight excluding hydrogens is 1100 g/mol. The van der Waals surface area contributed by atoms with Crippen LogP contribution in [0.25, 0.3) is 5.70 Å². The summed E-state index contributed by atoms with van der Waals surface area (Å²) in [7, 11) is 1.93. The zero-order chi connectivity index (χ0) is 60.8. The molecule has 0 spiro atoms. The van der Waals surface area contributed by atoms with Crippen LogP contribution in [-0.4, -0.2) is 141 Å².